The Labute approximate surface area is 156 Å². The summed E-state index contributed by atoms with van der Waals surface area (Å²) in [6, 6.07) is 13.4. The molecule has 0 spiro atoms. The number of hydrogen-bond donors (Lipinski definition) is 1. The summed E-state index contributed by atoms with van der Waals surface area (Å²) < 4.78 is 10.6. The van der Waals surface area contributed by atoms with Gasteiger partial charge in [-0.1, -0.05) is 23.8 Å². The lowest BCUT2D eigenvalue weighted by molar-refractivity contribution is -0.118. The average Bonchev–Trinajstić information content (AvgIpc) is 3.10. The summed E-state index contributed by atoms with van der Waals surface area (Å²) in [5.41, 5.74) is 4.27. The lowest BCUT2D eigenvalue weighted by Gasteiger charge is -2.07. The van der Waals surface area contributed by atoms with Crippen LogP contribution in [0.15, 0.2) is 47.8 Å². The summed E-state index contributed by atoms with van der Waals surface area (Å²) in [5.74, 6) is 1.00. The number of carbonyl (C=O) groups is 1. The molecule has 0 radical (unpaired) electrons. The van der Waals surface area contributed by atoms with Crippen LogP contribution in [-0.4, -0.2) is 24.6 Å². The van der Waals surface area contributed by atoms with Gasteiger partial charge in [-0.3, -0.25) is 10.1 Å². The van der Waals surface area contributed by atoms with Crippen LogP contribution < -0.4 is 14.8 Å². The van der Waals surface area contributed by atoms with Gasteiger partial charge in [-0.25, -0.2) is 4.98 Å². The number of carbonyl (C=O) groups excluding carboxylic acids is 1. The number of aryl methyl sites for hydroxylation is 2. The average molecular weight is 368 g/mol. The van der Waals surface area contributed by atoms with Crippen LogP contribution in [-0.2, 0) is 4.79 Å². The fourth-order valence-electron chi connectivity index (χ4n) is 2.46. The number of ether oxygens (including phenoxy) is 2. The van der Waals surface area contributed by atoms with Crippen molar-refractivity contribution >= 4 is 22.4 Å². The van der Waals surface area contributed by atoms with E-state index in [2.05, 4.69) is 28.5 Å². The van der Waals surface area contributed by atoms with Gasteiger partial charge < -0.3 is 9.47 Å². The van der Waals surface area contributed by atoms with Crippen LogP contribution in [0.2, 0.25) is 0 Å². The fraction of sp³-hybridized carbons (Fsp3) is 0.200. The maximum absolute atomic E-state index is 12.1. The Morgan fingerprint density at radius 1 is 1.15 bits per heavy atom. The third kappa shape index (κ3) is 4.40. The fourth-order valence-corrected chi connectivity index (χ4v) is 3.19. The van der Waals surface area contributed by atoms with Crippen LogP contribution >= 0.6 is 11.3 Å². The zero-order chi connectivity index (χ0) is 18.5. The number of nitrogens with zero attached hydrogens (tertiary/aromatic N) is 1. The van der Waals surface area contributed by atoms with Crippen LogP contribution in [0, 0.1) is 13.8 Å². The molecule has 1 N–H and O–H groups in total. The normalized spacial score (nSPS) is 10.4. The first-order valence-corrected chi connectivity index (χ1v) is 9.03. The summed E-state index contributed by atoms with van der Waals surface area (Å²) >= 11 is 1.40. The lowest BCUT2D eigenvalue weighted by atomic mass is 10.0. The van der Waals surface area contributed by atoms with Crippen LogP contribution in [0.4, 0.5) is 5.13 Å². The van der Waals surface area contributed by atoms with Gasteiger partial charge in [-0.2, -0.15) is 0 Å². The minimum Gasteiger partial charge on any atom is -0.497 e. The summed E-state index contributed by atoms with van der Waals surface area (Å²) in [6.45, 7) is 4.01. The van der Waals surface area contributed by atoms with E-state index >= 15 is 0 Å². The molecule has 0 unspecified atom stereocenters. The van der Waals surface area contributed by atoms with Gasteiger partial charge in [0.1, 0.15) is 11.5 Å². The Morgan fingerprint density at radius 3 is 2.77 bits per heavy atom. The van der Waals surface area contributed by atoms with Crippen molar-refractivity contribution in [3.8, 4) is 22.8 Å². The van der Waals surface area contributed by atoms with Crippen molar-refractivity contribution in [1.29, 1.82) is 0 Å². The number of hydrogen-bond acceptors (Lipinski definition) is 5. The first kappa shape index (κ1) is 17.9. The molecular weight excluding hydrogens is 348 g/mol. The molecule has 0 atom stereocenters. The molecule has 134 valence electrons. The number of benzene rings is 2. The van der Waals surface area contributed by atoms with Crippen molar-refractivity contribution in [2.24, 2.45) is 0 Å². The van der Waals surface area contributed by atoms with E-state index in [9.17, 15) is 4.79 Å². The smallest absolute Gasteiger partial charge is 0.264 e. The second-order valence-electron chi connectivity index (χ2n) is 5.87. The summed E-state index contributed by atoms with van der Waals surface area (Å²) in [7, 11) is 1.59. The Hall–Kier alpha value is -2.86. The van der Waals surface area contributed by atoms with Gasteiger partial charge in [-0.05, 0) is 37.6 Å². The molecule has 26 heavy (non-hydrogen) atoms. The van der Waals surface area contributed by atoms with Crippen LogP contribution in [0.3, 0.4) is 0 Å². The molecule has 3 aromatic rings. The first-order valence-electron chi connectivity index (χ1n) is 8.15. The molecule has 5 nitrogen and oxygen atoms in total. The van der Waals surface area contributed by atoms with Crippen molar-refractivity contribution in [1.82, 2.24) is 4.98 Å². The van der Waals surface area contributed by atoms with E-state index in [4.69, 9.17) is 9.47 Å². The number of rotatable bonds is 6. The Bertz CT molecular complexity index is 921. The van der Waals surface area contributed by atoms with Gasteiger partial charge in [-0.15, -0.1) is 11.3 Å². The van der Waals surface area contributed by atoms with E-state index < -0.39 is 0 Å². The van der Waals surface area contributed by atoms with Crippen molar-refractivity contribution in [3.63, 3.8) is 0 Å². The summed E-state index contributed by atoms with van der Waals surface area (Å²) in [6.07, 6.45) is 0. The highest BCUT2D eigenvalue weighted by Crippen LogP contribution is 2.28. The Balaban J connectivity index is 1.61. The molecule has 0 aliphatic rings. The molecule has 2 aromatic carbocycles. The minimum absolute atomic E-state index is 0.0917. The monoisotopic (exact) mass is 368 g/mol. The van der Waals surface area contributed by atoms with E-state index in [1.54, 1.807) is 19.2 Å². The van der Waals surface area contributed by atoms with Crippen molar-refractivity contribution in [2.75, 3.05) is 19.0 Å². The topological polar surface area (TPSA) is 60.5 Å². The Kier molecular flexibility index (Phi) is 5.53. The van der Waals surface area contributed by atoms with E-state index in [0.29, 0.717) is 16.6 Å². The van der Waals surface area contributed by atoms with Crippen molar-refractivity contribution in [2.45, 2.75) is 13.8 Å². The second kappa shape index (κ2) is 8.01. The van der Waals surface area contributed by atoms with Crippen LogP contribution in [0.5, 0.6) is 11.5 Å². The summed E-state index contributed by atoms with van der Waals surface area (Å²) in [5, 5.41) is 5.28. The van der Waals surface area contributed by atoms with E-state index in [-0.39, 0.29) is 12.5 Å². The van der Waals surface area contributed by atoms with Crippen molar-refractivity contribution < 1.29 is 14.3 Å². The minimum atomic E-state index is -0.255. The molecule has 6 heteroatoms. The highest BCUT2D eigenvalue weighted by Gasteiger charge is 2.10. The largest absolute Gasteiger partial charge is 0.497 e. The Morgan fingerprint density at radius 2 is 1.96 bits per heavy atom. The quantitative estimate of drug-likeness (QED) is 0.698. The maximum atomic E-state index is 12.1. The van der Waals surface area contributed by atoms with E-state index in [1.807, 2.05) is 31.4 Å². The molecule has 3 rings (SSSR count). The predicted molar refractivity (Wildman–Crippen MR) is 104 cm³/mol. The van der Waals surface area contributed by atoms with Crippen molar-refractivity contribution in [3.05, 3.63) is 59.0 Å². The molecule has 0 aliphatic carbocycles. The number of amides is 1. The van der Waals surface area contributed by atoms with Gasteiger partial charge in [0.15, 0.2) is 11.7 Å². The molecule has 1 heterocycles. The molecule has 0 saturated heterocycles. The van der Waals surface area contributed by atoms with E-state index in [0.717, 1.165) is 16.8 Å². The molecule has 0 aliphatic heterocycles. The van der Waals surface area contributed by atoms with Gasteiger partial charge in [0, 0.05) is 17.0 Å². The highest BCUT2D eigenvalue weighted by molar-refractivity contribution is 7.14. The molecule has 1 amide bonds. The second-order valence-corrected chi connectivity index (χ2v) is 6.73. The van der Waals surface area contributed by atoms with Gasteiger partial charge >= 0.3 is 0 Å². The zero-order valence-electron chi connectivity index (χ0n) is 14.9. The maximum Gasteiger partial charge on any atom is 0.264 e. The zero-order valence-corrected chi connectivity index (χ0v) is 15.7. The van der Waals surface area contributed by atoms with Gasteiger partial charge in [0.05, 0.1) is 12.8 Å². The van der Waals surface area contributed by atoms with Crippen LogP contribution in [0.1, 0.15) is 11.1 Å². The highest BCUT2D eigenvalue weighted by atomic mass is 32.1. The standard InChI is InChI=1S/C20H20N2O3S/c1-13-7-8-14(2)17(9-13)18-12-26-20(21-18)22-19(23)11-25-16-6-4-5-15(10-16)24-3/h4-10,12H,11H2,1-3H3,(H,21,22,23). The third-order valence-electron chi connectivity index (χ3n) is 3.83. The molecule has 1 aromatic heterocycles. The van der Waals surface area contributed by atoms with Crippen LogP contribution in [0.25, 0.3) is 11.3 Å². The number of aromatic nitrogens is 1. The number of thiazole rings is 1. The molecular formula is C20H20N2O3S. The SMILES string of the molecule is COc1cccc(OCC(=O)Nc2nc(-c3cc(C)ccc3C)cs2)c1. The number of nitrogens with one attached hydrogen (secondary N) is 1. The molecule has 0 bridgehead atoms. The lowest BCUT2D eigenvalue weighted by Crippen LogP contribution is -2.20. The third-order valence-corrected chi connectivity index (χ3v) is 4.59. The molecule has 0 fully saturated rings. The molecule has 0 saturated carbocycles. The number of methoxy groups -OCH3 is 1. The first-order chi connectivity index (χ1) is 12.5. The predicted octanol–water partition coefficient (Wildman–Crippen LogP) is 4.45. The number of anilines is 1. The van der Waals surface area contributed by atoms with Gasteiger partial charge in [0.25, 0.3) is 5.91 Å². The van der Waals surface area contributed by atoms with E-state index in [1.165, 1.54) is 16.9 Å². The summed E-state index contributed by atoms with van der Waals surface area (Å²) in [4.78, 5) is 16.6. The van der Waals surface area contributed by atoms with Gasteiger partial charge in [0.2, 0.25) is 0 Å².